The van der Waals surface area contributed by atoms with Crippen molar-refractivity contribution in [1.29, 1.82) is 0 Å². The summed E-state index contributed by atoms with van der Waals surface area (Å²) in [5.41, 5.74) is -0.138. The van der Waals surface area contributed by atoms with E-state index >= 15 is 0 Å². The molecule has 3 N–H and O–H groups in total. The monoisotopic (exact) mass is 301 g/mol. The van der Waals surface area contributed by atoms with Crippen LogP contribution in [0.15, 0.2) is 17.2 Å². The van der Waals surface area contributed by atoms with E-state index in [1.165, 1.54) is 6.20 Å². The fourth-order valence-corrected chi connectivity index (χ4v) is 3.55. The van der Waals surface area contributed by atoms with Crippen molar-refractivity contribution >= 4 is 16.0 Å². The summed E-state index contributed by atoms with van der Waals surface area (Å²) in [5, 5.41) is 8.78. The summed E-state index contributed by atoms with van der Waals surface area (Å²) < 4.78 is 26.7. The second-order valence-electron chi connectivity index (χ2n) is 4.83. The molecule has 0 radical (unpaired) electrons. The standard InChI is InChI=1S/C12H19N3O4S/c1-2-15-5-3-4-9(15)7-14-20(18,19)10-6-11(12(16)17)13-8-10/h6,8-9,13-14H,2-5,7H2,1H3,(H,16,17). The molecule has 1 saturated heterocycles. The van der Waals surface area contributed by atoms with Crippen LogP contribution in [-0.2, 0) is 10.0 Å². The van der Waals surface area contributed by atoms with Gasteiger partial charge in [0.1, 0.15) is 10.6 Å². The molecule has 0 aliphatic carbocycles. The number of nitrogens with zero attached hydrogens (tertiary/aromatic N) is 1. The van der Waals surface area contributed by atoms with E-state index in [4.69, 9.17) is 5.11 Å². The number of H-pyrrole nitrogens is 1. The van der Waals surface area contributed by atoms with Crippen molar-refractivity contribution in [3.05, 3.63) is 18.0 Å². The largest absolute Gasteiger partial charge is 0.477 e. The Kier molecular flexibility index (Phi) is 4.46. The average molecular weight is 301 g/mol. The van der Waals surface area contributed by atoms with Gasteiger partial charge in [-0.05, 0) is 32.0 Å². The van der Waals surface area contributed by atoms with Crippen LogP contribution in [0.2, 0.25) is 0 Å². The number of hydrogen-bond donors (Lipinski definition) is 3. The molecule has 1 atom stereocenters. The minimum absolute atomic E-state index is 0.0454. The van der Waals surface area contributed by atoms with E-state index in [2.05, 4.69) is 21.5 Å². The third-order valence-corrected chi connectivity index (χ3v) is 5.01. The number of carboxylic acid groups (broad SMARTS) is 1. The molecular weight excluding hydrogens is 282 g/mol. The number of aromatic amines is 1. The Morgan fingerprint density at radius 2 is 2.35 bits per heavy atom. The summed E-state index contributed by atoms with van der Waals surface area (Å²) in [6.45, 7) is 4.30. The van der Waals surface area contributed by atoms with E-state index in [9.17, 15) is 13.2 Å². The summed E-state index contributed by atoms with van der Waals surface area (Å²) in [7, 11) is -3.66. The molecule has 8 heteroatoms. The predicted octanol–water partition coefficient (Wildman–Crippen LogP) is 0.476. The molecule has 1 aromatic heterocycles. The minimum Gasteiger partial charge on any atom is -0.477 e. The van der Waals surface area contributed by atoms with Crippen molar-refractivity contribution in [2.45, 2.75) is 30.7 Å². The van der Waals surface area contributed by atoms with E-state index in [-0.39, 0.29) is 16.6 Å². The highest BCUT2D eigenvalue weighted by atomic mass is 32.2. The van der Waals surface area contributed by atoms with Gasteiger partial charge in [-0.1, -0.05) is 6.92 Å². The Morgan fingerprint density at radius 1 is 1.60 bits per heavy atom. The Bertz CT molecular complexity index is 581. The molecule has 112 valence electrons. The smallest absolute Gasteiger partial charge is 0.352 e. The number of aromatic carboxylic acids is 1. The van der Waals surface area contributed by atoms with E-state index in [1.54, 1.807) is 0 Å². The first-order chi connectivity index (χ1) is 9.44. The predicted molar refractivity (Wildman–Crippen MR) is 73.2 cm³/mol. The highest BCUT2D eigenvalue weighted by Crippen LogP contribution is 2.17. The number of rotatable bonds is 6. The second kappa shape index (κ2) is 5.94. The van der Waals surface area contributed by atoms with Crippen LogP contribution in [0.1, 0.15) is 30.3 Å². The summed E-state index contributed by atoms with van der Waals surface area (Å²) in [5.74, 6) is -1.18. The molecule has 0 amide bonds. The fourth-order valence-electron chi connectivity index (χ4n) is 2.48. The quantitative estimate of drug-likeness (QED) is 0.709. The molecule has 0 saturated carbocycles. The van der Waals surface area contributed by atoms with Gasteiger partial charge in [0.2, 0.25) is 10.0 Å². The molecule has 0 spiro atoms. The average Bonchev–Trinajstić information content (AvgIpc) is 3.05. The summed E-state index contributed by atoms with van der Waals surface area (Å²) in [4.78, 5) is 15.4. The van der Waals surface area contributed by atoms with Crippen LogP contribution in [0.5, 0.6) is 0 Å². The third-order valence-electron chi connectivity index (χ3n) is 3.61. The highest BCUT2D eigenvalue weighted by Gasteiger charge is 2.25. The molecule has 0 bridgehead atoms. The second-order valence-corrected chi connectivity index (χ2v) is 6.60. The van der Waals surface area contributed by atoms with Crippen molar-refractivity contribution < 1.29 is 18.3 Å². The van der Waals surface area contributed by atoms with Crippen LogP contribution in [-0.4, -0.2) is 55.1 Å². The first-order valence-electron chi connectivity index (χ1n) is 6.59. The van der Waals surface area contributed by atoms with E-state index in [0.29, 0.717) is 6.54 Å². The van der Waals surface area contributed by atoms with Gasteiger partial charge in [-0.25, -0.2) is 17.9 Å². The number of carboxylic acids is 1. The zero-order valence-corrected chi connectivity index (χ0v) is 12.1. The van der Waals surface area contributed by atoms with Gasteiger partial charge in [0.25, 0.3) is 0 Å². The maximum Gasteiger partial charge on any atom is 0.352 e. The maximum absolute atomic E-state index is 12.1. The summed E-state index contributed by atoms with van der Waals surface area (Å²) in [6, 6.07) is 1.34. The lowest BCUT2D eigenvalue weighted by Gasteiger charge is -2.22. The molecule has 1 aliphatic rings. The number of hydrogen-bond acceptors (Lipinski definition) is 4. The first-order valence-corrected chi connectivity index (χ1v) is 8.07. The van der Waals surface area contributed by atoms with Gasteiger partial charge >= 0.3 is 5.97 Å². The molecule has 20 heavy (non-hydrogen) atoms. The Morgan fingerprint density at radius 3 is 2.95 bits per heavy atom. The van der Waals surface area contributed by atoms with Gasteiger partial charge in [0.05, 0.1) is 0 Å². The first kappa shape index (κ1) is 15.0. The van der Waals surface area contributed by atoms with Crippen molar-refractivity contribution in [1.82, 2.24) is 14.6 Å². The number of carbonyl (C=O) groups is 1. The Hall–Kier alpha value is -1.38. The van der Waals surface area contributed by atoms with Gasteiger partial charge in [-0.15, -0.1) is 0 Å². The molecule has 1 aliphatic heterocycles. The van der Waals surface area contributed by atoms with Crippen LogP contribution in [0.3, 0.4) is 0 Å². The number of nitrogens with one attached hydrogen (secondary N) is 2. The van der Waals surface area contributed by atoms with Crippen molar-refractivity contribution in [3.63, 3.8) is 0 Å². The number of likely N-dealkylation sites (tertiary alicyclic amines) is 1. The van der Waals surface area contributed by atoms with E-state index < -0.39 is 16.0 Å². The minimum atomic E-state index is -3.66. The lowest BCUT2D eigenvalue weighted by atomic mass is 10.2. The van der Waals surface area contributed by atoms with Crippen LogP contribution in [0.25, 0.3) is 0 Å². The fraction of sp³-hybridized carbons (Fsp3) is 0.583. The van der Waals surface area contributed by atoms with Crippen molar-refractivity contribution in [2.75, 3.05) is 19.6 Å². The van der Waals surface area contributed by atoms with Crippen LogP contribution in [0, 0.1) is 0 Å². The maximum atomic E-state index is 12.1. The van der Waals surface area contributed by atoms with E-state index in [0.717, 1.165) is 32.0 Å². The molecule has 2 heterocycles. The topological polar surface area (TPSA) is 103 Å². The van der Waals surface area contributed by atoms with Gasteiger partial charge in [0.15, 0.2) is 0 Å². The van der Waals surface area contributed by atoms with Gasteiger partial charge in [-0.3, -0.25) is 4.90 Å². The summed E-state index contributed by atoms with van der Waals surface area (Å²) in [6.07, 6.45) is 3.25. The highest BCUT2D eigenvalue weighted by molar-refractivity contribution is 7.89. The Balaban J connectivity index is 2.01. The van der Waals surface area contributed by atoms with Gasteiger partial charge < -0.3 is 10.1 Å². The molecule has 0 aromatic carbocycles. The van der Waals surface area contributed by atoms with Crippen molar-refractivity contribution in [2.24, 2.45) is 0 Å². The van der Waals surface area contributed by atoms with Crippen LogP contribution < -0.4 is 4.72 Å². The molecule has 2 rings (SSSR count). The number of sulfonamides is 1. The van der Waals surface area contributed by atoms with Gasteiger partial charge in [0, 0.05) is 18.8 Å². The normalized spacial score (nSPS) is 20.4. The zero-order chi connectivity index (χ0) is 14.8. The molecule has 7 nitrogen and oxygen atoms in total. The molecule has 1 unspecified atom stereocenters. The lowest BCUT2D eigenvalue weighted by molar-refractivity contribution is 0.0691. The van der Waals surface area contributed by atoms with Crippen molar-refractivity contribution in [3.8, 4) is 0 Å². The van der Waals surface area contributed by atoms with E-state index in [1.807, 2.05) is 0 Å². The SMILES string of the molecule is CCN1CCCC1CNS(=O)(=O)c1c[nH]c(C(=O)O)c1. The van der Waals surface area contributed by atoms with Crippen LogP contribution >= 0.6 is 0 Å². The molecular formula is C12H19N3O4S. The van der Waals surface area contributed by atoms with Gasteiger partial charge in [-0.2, -0.15) is 0 Å². The Labute approximate surface area is 118 Å². The lowest BCUT2D eigenvalue weighted by Crippen LogP contribution is -2.39. The molecule has 1 fully saturated rings. The summed E-state index contributed by atoms with van der Waals surface area (Å²) >= 11 is 0. The van der Waals surface area contributed by atoms with Crippen LogP contribution in [0.4, 0.5) is 0 Å². The number of likely N-dealkylation sites (N-methyl/N-ethyl adjacent to an activating group) is 1. The zero-order valence-electron chi connectivity index (χ0n) is 11.3. The number of aromatic nitrogens is 1. The third kappa shape index (κ3) is 3.20. The molecule has 1 aromatic rings.